The van der Waals surface area contributed by atoms with E-state index in [1.54, 1.807) is 0 Å². The summed E-state index contributed by atoms with van der Waals surface area (Å²) in [5, 5.41) is 0. The molecular weight excluding hydrogens is 256 g/mol. The van der Waals surface area contributed by atoms with E-state index in [0.717, 1.165) is 25.9 Å². The maximum atomic E-state index is 6.74. The van der Waals surface area contributed by atoms with Crippen molar-refractivity contribution >= 4 is 0 Å². The summed E-state index contributed by atoms with van der Waals surface area (Å²) in [7, 11) is 0. The zero-order valence-electron chi connectivity index (χ0n) is 12.5. The molecule has 0 aromatic heterocycles. The van der Waals surface area contributed by atoms with Crippen LogP contribution >= 0.6 is 0 Å². The van der Waals surface area contributed by atoms with Gasteiger partial charge in [-0.05, 0) is 42.0 Å². The van der Waals surface area contributed by atoms with Gasteiger partial charge in [-0.15, -0.1) is 0 Å². The Morgan fingerprint density at radius 1 is 1.00 bits per heavy atom. The average Bonchev–Trinajstić information content (AvgIpc) is 2.79. The number of hydrogen-bond donors (Lipinski definition) is 1. The van der Waals surface area contributed by atoms with Crippen LogP contribution < -0.4 is 5.73 Å². The van der Waals surface area contributed by atoms with Gasteiger partial charge in [-0.1, -0.05) is 48.5 Å². The average molecular weight is 278 g/mol. The molecule has 4 rings (SSSR count). The molecule has 2 unspecified atom stereocenters. The lowest BCUT2D eigenvalue weighted by Crippen LogP contribution is -2.53. The Labute approximate surface area is 126 Å². The fourth-order valence-corrected chi connectivity index (χ4v) is 4.12. The van der Waals surface area contributed by atoms with Gasteiger partial charge in [-0.25, -0.2) is 0 Å². The molecule has 2 aliphatic rings. The van der Waals surface area contributed by atoms with E-state index in [0.29, 0.717) is 6.04 Å². The number of hydrogen-bond acceptors (Lipinski definition) is 2. The van der Waals surface area contributed by atoms with Crippen LogP contribution in [-0.2, 0) is 24.9 Å². The number of fused-ring (bicyclic) bond motifs is 2. The predicted octanol–water partition coefficient (Wildman–Crippen LogP) is 2.84. The Balaban J connectivity index is 1.65. The minimum absolute atomic E-state index is 0.247. The molecule has 1 aliphatic carbocycles. The Morgan fingerprint density at radius 3 is 2.43 bits per heavy atom. The Kier molecular flexibility index (Phi) is 2.91. The second-order valence-electron chi connectivity index (χ2n) is 6.65. The monoisotopic (exact) mass is 278 g/mol. The number of rotatable bonds is 1. The van der Waals surface area contributed by atoms with Gasteiger partial charge in [0.1, 0.15) is 0 Å². The molecule has 0 spiro atoms. The first-order valence-electron chi connectivity index (χ1n) is 7.84. The van der Waals surface area contributed by atoms with Crippen LogP contribution in [0, 0.1) is 0 Å². The number of nitrogens with zero attached hydrogens (tertiary/aromatic N) is 1. The molecule has 0 bridgehead atoms. The lowest BCUT2D eigenvalue weighted by molar-refractivity contribution is 0.125. The number of benzene rings is 2. The van der Waals surface area contributed by atoms with Gasteiger partial charge in [0.25, 0.3) is 0 Å². The van der Waals surface area contributed by atoms with E-state index in [2.05, 4.69) is 60.4 Å². The van der Waals surface area contributed by atoms with Crippen molar-refractivity contribution in [2.45, 2.75) is 37.9 Å². The van der Waals surface area contributed by atoms with Crippen LogP contribution in [-0.4, -0.2) is 17.5 Å². The topological polar surface area (TPSA) is 29.3 Å². The molecule has 0 amide bonds. The fraction of sp³-hybridized carbons (Fsp3) is 0.368. The molecule has 2 aromatic carbocycles. The molecule has 2 atom stereocenters. The van der Waals surface area contributed by atoms with E-state index in [4.69, 9.17) is 5.73 Å². The highest BCUT2D eigenvalue weighted by Gasteiger charge is 2.43. The van der Waals surface area contributed by atoms with Gasteiger partial charge in [0.05, 0.1) is 5.54 Å². The minimum Gasteiger partial charge on any atom is -0.320 e. The van der Waals surface area contributed by atoms with Crippen LogP contribution in [0.15, 0.2) is 48.5 Å². The van der Waals surface area contributed by atoms with Crippen molar-refractivity contribution in [1.29, 1.82) is 0 Å². The first-order chi connectivity index (χ1) is 10.2. The molecule has 2 heteroatoms. The highest BCUT2D eigenvalue weighted by Crippen LogP contribution is 2.39. The third-order valence-corrected chi connectivity index (χ3v) is 5.30. The van der Waals surface area contributed by atoms with E-state index in [1.165, 1.54) is 22.3 Å². The Morgan fingerprint density at radius 2 is 1.67 bits per heavy atom. The molecule has 0 fully saturated rings. The lowest BCUT2D eigenvalue weighted by atomic mass is 9.89. The van der Waals surface area contributed by atoms with E-state index in [1.807, 2.05) is 0 Å². The quantitative estimate of drug-likeness (QED) is 0.869. The second kappa shape index (κ2) is 4.69. The summed E-state index contributed by atoms with van der Waals surface area (Å²) in [4.78, 5) is 2.59. The summed E-state index contributed by atoms with van der Waals surface area (Å²) in [6, 6.07) is 17.9. The molecule has 0 saturated heterocycles. The SMILES string of the molecule is CC1(N)c2ccccc2CC1N1CCc2ccccc2C1. The van der Waals surface area contributed by atoms with E-state index in [9.17, 15) is 0 Å². The summed E-state index contributed by atoms with van der Waals surface area (Å²) in [5.74, 6) is 0. The molecule has 2 N–H and O–H groups in total. The Hall–Kier alpha value is -1.64. The lowest BCUT2D eigenvalue weighted by Gasteiger charge is -2.40. The van der Waals surface area contributed by atoms with Crippen LogP contribution in [0.2, 0.25) is 0 Å². The molecule has 21 heavy (non-hydrogen) atoms. The van der Waals surface area contributed by atoms with E-state index < -0.39 is 0 Å². The summed E-state index contributed by atoms with van der Waals surface area (Å²) >= 11 is 0. The van der Waals surface area contributed by atoms with Crippen molar-refractivity contribution in [3.05, 3.63) is 70.8 Å². The van der Waals surface area contributed by atoms with E-state index in [-0.39, 0.29) is 5.54 Å². The normalized spacial score (nSPS) is 28.2. The van der Waals surface area contributed by atoms with Gasteiger partial charge >= 0.3 is 0 Å². The van der Waals surface area contributed by atoms with Gasteiger partial charge in [0.15, 0.2) is 0 Å². The van der Waals surface area contributed by atoms with E-state index >= 15 is 0 Å². The smallest absolute Gasteiger partial charge is 0.0544 e. The summed E-state index contributed by atoms with van der Waals surface area (Å²) < 4.78 is 0. The van der Waals surface area contributed by atoms with Crippen LogP contribution in [0.25, 0.3) is 0 Å². The Bertz CT molecular complexity index is 675. The summed E-state index contributed by atoms with van der Waals surface area (Å²) in [5.41, 5.74) is 12.2. The molecule has 1 heterocycles. The van der Waals surface area contributed by atoms with Crippen molar-refractivity contribution in [2.24, 2.45) is 5.73 Å². The van der Waals surface area contributed by atoms with Crippen LogP contribution in [0.5, 0.6) is 0 Å². The molecule has 2 aromatic rings. The van der Waals surface area contributed by atoms with Gasteiger partial charge in [-0.2, -0.15) is 0 Å². The van der Waals surface area contributed by atoms with Gasteiger partial charge in [0.2, 0.25) is 0 Å². The second-order valence-corrected chi connectivity index (χ2v) is 6.65. The molecule has 2 nitrogen and oxygen atoms in total. The third-order valence-electron chi connectivity index (χ3n) is 5.30. The summed E-state index contributed by atoms with van der Waals surface area (Å²) in [6.45, 7) is 4.34. The predicted molar refractivity (Wildman–Crippen MR) is 86.0 cm³/mol. The van der Waals surface area contributed by atoms with Crippen molar-refractivity contribution in [1.82, 2.24) is 4.90 Å². The molecule has 108 valence electrons. The summed E-state index contributed by atoms with van der Waals surface area (Å²) in [6.07, 6.45) is 2.21. The van der Waals surface area contributed by atoms with Crippen LogP contribution in [0.4, 0.5) is 0 Å². The van der Waals surface area contributed by atoms with Gasteiger partial charge in [-0.3, -0.25) is 4.90 Å². The minimum atomic E-state index is -0.247. The highest BCUT2D eigenvalue weighted by atomic mass is 15.2. The molecule has 0 radical (unpaired) electrons. The zero-order valence-corrected chi connectivity index (χ0v) is 12.5. The largest absolute Gasteiger partial charge is 0.320 e. The van der Waals surface area contributed by atoms with Crippen LogP contribution in [0.1, 0.15) is 29.2 Å². The van der Waals surface area contributed by atoms with Crippen molar-refractivity contribution < 1.29 is 0 Å². The fourth-order valence-electron chi connectivity index (χ4n) is 4.12. The first-order valence-corrected chi connectivity index (χ1v) is 7.84. The molecule has 1 aliphatic heterocycles. The van der Waals surface area contributed by atoms with Crippen molar-refractivity contribution in [2.75, 3.05) is 6.54 Å². The zero-order chi connectivity index (χ0) is 14.4. The molecule has 0 saturated carbocycles. The van der Waals surface area contributed by atoms with Gasteiger partial charge < -0.3 is 5.73 Å². The van der Waals surface area contributed by atoms with Crippen LogP contribution in [0.3, 0.4) is 0 Å². The van der Waals surface area contributed by atoms with Crippen molar-refractivity contribution in [3.63, 3.8) is 0 Å². The number of nitrogens with two attached hydrogens (primary N) is 1. The highest BCUT2D eigenvalue weighted by molar-refractivity contribution is 5.41. The van der Waals surface area contributed by atoms with Gasteiger partial charge in [0, 0.05) is 19.1 Å². The third kappa shape index (κ3) is 2.02. The maximum absolute atomic E-state index is 6.74. The molecular formula is C19H22N2. The standard InChI is InChI=1S/C19H22N2/c1-19(20)17-9-5-4-7-15(17)12-18(19)21-11-10-14-6-2-3-8-16(14)13-21/h2-9,18H,10-13,20H2,1H3. The first kappa shape index (κ1) is 13.1. The van der Waals surface area contributed by atoms with Crippen molar-refractivity contribution in [3.8, 4) is 0 Å². The maximum Gasteiger partial charge on any atom is 0.0544 e.